The minimum absolute atomic E-state index is 0.0867. The first-order valence-electron chi connectivity index (χ1n) is 6.23. The molecule has 0 saturated heterocycles. The molecule has 0 bridgehead atoms. The maximum Gasteiger partial charge on any atom is 0.237 e. The van der Waals surface area contributed by atoms with Crippen molar-refractivity contribution in [3.8, 4) is 0 Å². The number of nitrogens with two attached hydrogens (primary N) is 1. The van der Waals surface area contributed by atoms with Gasteiger partial charge in [0, 0.05) is 11.1 Å². The van der Waals surface area contributed by atoms with E-state index >= 15 is 0 Å². The topological polar surface area (TPSA) is 55.1 Å². The summed E-state index contributed by atoms with van der Waals surface area (Å²) in [4.78, 5) is 12.6. The number of rotatable bonds is 3. The molecule has 2 aromatic rings. The number of fused-ring (bicyclic) bond motifs is 1. The monoisotopic (exact) mass is 270 g/mol. The van der Waals surface area contributed by atoms with E-state index in [1.54, 1.807) is 0 Å². The quantitative estimate of drug-likeness (QED) is 0.843. The van der Waals surface area contributed by atoms with E-state index in [9.17, 15) is 4.79 Å². The number of benzene rings is 2. The second-order valence-electron chi connectivity index (χ2n) is 4.93. The number of thiocarbonyl (C=S) groups is 1. The van der Waals surface area contributed by atoms with Crippen molar-refractivity contribution in [1.82, 2.24) is 0 Å². The fourth-order valence-electron chi connectivity index (χ4n) is 2.29. The average molecular weight is 270 g/mol. The Labute approximate surface area is 116 Å². The number of nitrogens with one attached hydrogen (secondary N) is 1. The van der Waals surface area contributed by atoms with E-state index in [4.69, 9.17) is 18.0 Å². The second-order valence-corrected chi connectivity index (χ2v) is 5.37. The number of amides is 1. The number of carbonyl (C=O) groups excluding carboxylic acids is 1. The van der Waals surface area contributed by atoms with Gasteiger partial charge in [0.25, 0.3) is 0 Å². The van der Waals surface area contributed by atoms with Crippen LogP contribution in [0.15, 0.2) is 42.5 Å². The largest absolute Gasteiger partial charge is 0.392 e. The van der Waals surface area contributed by atoms with E-state index in [1.807, 2.05) is 42.5 Å². The Morgan fingerprint density at radius 3 is 2.53 bits per heavy atom. The normalized spacial score (nSPS) is 16.0. The molecule has 19 heavy (non-hydrogen) atoms. The highest BCUT2D eigenvalue weighted by Crippen LogP contribution is 2.47. The van der Waals surface area contributed by atoms with Crippen LogP contribution in [0.4, 0.5) is 5.69 Å². The van der Waals surface area contributed by atoms with E-state index in [-0.39, 0.29) is 5.91 Å². The first-order chi connectivity index (χ1) is 9.13. The Hall–Kier alpha value is -1.94. The highest BCUT2D eigenvalue weighted by molar-refractivity contribution is 7.80. The summed E-state index contributed by atoms with van der Waals surface area (Å²) in [6, 6.07) is 13.8. The lowest BCUT2D eigenvalue weighted by molar-refractivity contribution is -0.118. The van der Waals surface area contributed by atoms with Gasteiger partial charge in [-0.3, -0.25) is 4.79 Å². The molecule has 3 rings (SSSR count). The molecule has 1 saturated carbocycles. The lowest BCUT2D eigenvalue weighted by Crippen LogP contribution is -2.35. The Balaban J connectivity index is 1.94. The molecule has 2 aromatic carbocycles. The van der Waals surface area contributed by atoms with Gasteiger partial charge in [-0.05, 0) is 24.3 Å². The van der Waals surface area contributed by atoms with Crippen molar-refractivity contribution in [2.75, 3.05) is 5.32 Å². The van der Waals surface area contributed by atoms with Gasteiger partial charge in [-0.15, -0.1) is 0 Å². The van der Waals surface area contributed by atoms with Gasteiger partial charge in [-0.2, -0.15) is 0 Å². The molecular weight excluding hydrogens is 256 g/mol. The van der Waals surface area contributed by atoms with Gasteiger partial charge in [0.15, 0.2) is 0 Å². The summed E-state index contributed by atoms with van der Waals surface area (Å²) in [5.41, 5.74) is 5.86. The molecule has 3 N–H and O–H groups in total. The van der Waals surface area contributed by atoms with E-state index < -0.39 is 5.41 Å². The molecule has 1 aliphatic carbocycles. The molecule has 3 nitrogen and oxygen atoms in total. The Kier molecular flexibility index (Phi) is 2.75. The van der Waals surface area contributed by atoms with Crippen molar-refractivity contribution >= 4 is 39.6 Å². The van der Waals surface area contributed by atoms with Gasteiger partial charge in [0.1, 0.15) is 0 Å². The zero-order chi connectivity index (χ0) is 13.5. The predicted octanol–water partition coefficient (Wildman–Crippen LogP) is 2.84. The van der Waals surface area contributed by atoms with Crippen molar-refractivity contribution in [1.29, 1.82) is 0 Å². The van der Waals surface area contributed by atoms with Crippen LogP contribution in [0.25, 0.3) is 10.8 Å². The average Bonchev–Trinajstić information content (AvgIpc) is 3.20. The first-order valence-corrected chi connectivity index (χ1v) is 6.63. The fourth-order valence-corrected chi connectivity index (χ4v) is 2.58. The number of carbonyl (C=O) groups is 1. The second kappa shape index (κ2) is 4.31. The van der Waals surface area contributed by atoms with Crippen LogP contribution in [0.2, 0.25) is 0 Å². The molecule has 0 atom stereocenters. The lowest BCUT2D eigenvalue weighted by Gasteiger charge is -2.15. The van der Waals surface area contributed by atoms with Gasteiger partial charge in [-0.1, -0.05) is 48.6 Å². The van der Waals surface area contributed by atoms with Gasteiger partial charge in [-0.25, -0.2) is 0 Å². The van der Waals surface area contributed by atoms with Crippen LogP contribution in [0.5, 0.6) is 0 Å². The molecule has 1 fully saturated rings. The van der Waals surface area contributed by atoms with Gasteiger partial charge >= 0.3 is 0 Å². The molecular formula is C15H14N2OS. The molecule has 0 radical (unpaired) electrons. The SMILES string of the molecule is NC(=S)C1(C(=O)Nc2cccc3ccccc23)CC1. The maximum atomic E-state index is 12.3. The first kappa shape index (κ1) is 12.1. The van der Waals surface area contributed by atoms with Crippen LogP contribution in [0.3, 0.4) is 0 Å². The lowest BCUT2D eigenvalue weighted by atomic mass is 10.0. The van der Waals surface area contributed by atoms with Crippen LogP contribution >= 0.6 is 12.2 Å². The Morgan fingerprint density at radius 1 is 1.16 bits per heavy atom. The van der Waals surface area contributed by atoms with E-state index in [0.29, 0.717) is 4.99 Å². The van der Waals surface area contributed by atoms with Crippen LogP contribution < -0.4 is 11.1 Å². The molecule has 0 aromatic heterocycles. The van der Waals surface area contributed by atoms with Crippen molar-refractivity contribution in [2.24, 2.45) is 11.1 Å². The minimum atomic E-state index is -0.619. The summed E-state index contributed by atoms with van der Waals surface area (Å²) in [5, 5.41) is 5.09. The highest BCUT2D eigenvalue weighted by atomic mass is 32.1. The molecule has 1 aliphatic rings. The number of anilines is 1. The molecule has 0 aliphatic heterocycles. The zero-order valence-corrected chi connectivity index (χ0v) is 11.2. The third-order valence-corrected chi connectivity index (χ3v) is 4.08. The molecule has 0 unspecified atom stereocenters. The van der Waals surface area contributed by atoms with Crippen molar-refractivity contribution in [3.05, 3.63) is 42.5 Å². The van der Waals surface area contributed by atoms with Crippen molar-refractivity contribution in [2.45, 2.75) is 12.8 Å². The van der Waals surface area contributed by atoms with Gasteiger partial charge in [0.2, 0.25) is 5.91 Å². The van der Waals surface area contributed by atoms with E-state index in [0.717, 1.165) is 29.3 Å². The summed E-state index contributed by atoms with van der Waals surface area (Å²) in [5.74, 6) is -0.0867. The maximum absolute atomic E-state index is 12.3. The van der Waals surface area contributed by atoms with E-state index in [1.165, 1.54) is 0 Å². The van der Waals surface area contributed by atoms with Crippen LogP contribution in [0, 0.1) is 5.41 Å². The minimum Gasteiger partial charge on any atom is -0.392 e. The summed E-state index contributed by atoms with van der Waals surface area (Å²) in [6.07, 6.45) is 1.50. The highest BCUT2D eigenvalue weighted by Gasteiger charge is 2.52. The fraction of sp³-hybridized carbons (Fsp3) is 0.200. The number of hydrogen-bond acceptors (Lipinski definition) is 2. The van der Waals surface area contributed by atoms with Gasteiger partial charge < -0.3 is 11.1 Å². The summed E-state index contributed by atoms with van der Waals surface area (Å²) in [6.45, 7) is 0. The predicted molar refractivity (Wildman–Crippen MR) is 81.0 cm³/mol. The summed E-state index contributed by atoms with van der Waals surface area (Å²) in [7, 11) is 0. The Bertz CT molecular complexity index is 671. The van der Waals surface area contributed by atoms with Gasteiger partial charge in [0.05, 0.1) is 10.4 Å². The van der Waals surface area contributed by atoms with Crippen LogP contribution in [-0.2, 0) is 4.79 Å². The van der Waals surface area contributed by atoms with Crippen molar-refractivity contribution in [3.63, 3.8) is 0 Å². The molecule has 96 valence electrons. The standard InChI is InChI=1S/C15H14N2OS/c16-13(19)15(8-9-15)14(18)17-12-7-3-5-10-4-1-2-6-11(10)12/h1-7H,8-9H2,(H2,16,19)(H,17,18). The summed E-state index contributed by atoms with van der Waals surface area (Å²) < 4.78 is 0. The Morgan fingerprint density at radius 2 is 1.84 bits per heavy atom. The third-order valence-electron chi connectivity index (χ3n) is 3.69. The zero-order valence-electron chi connectivity index (χ0n) is 10.3. The summed E-state index contributed by atoms with van der Waals surface area (Å²) >= 11 is 5.00. The number of hydrogen-bond donors (Lipinski definition) is 2. The third kappa shape index (κ3) is 1.98. The molecule has 4 heteroatoms. The molecule has 0 spiro atoms. The smallest absolute Gasteiger partial charge is 0.237 e. The molecule has 0 heterocycles. The van der Waals surface area contributed by atoms with Crippen LogP contribution in [-0.4, -0.2) is 10.9 Å². The van der Waals surface area contributed by atoms with Crippen molar-refractivity contribution < 1.29 is 4.79 Å². The van der Waals surface area contributed by atoms with E-state index in [2.05, 4.69) is 5.32 Å². The van der Waals surface area contributed by atoms with Crippen LogP contribution in [0.1, 0.15) is 12.8 Å². The molecule has 1 amide bonds.